The standard InChI is InChI=1S/C31H38N2O6/c1-22-7-11-25(12-8-22)31(35)33(19-26-6-5-17-38-26)21-30(34)32(20-27-13-9-23(2)39-27)16-15-24-10-14-28(36-3)29(18-24)37-4/h7-14,18,26H,5-6,15-17,19-21H2,1-4H3. The zero-order valence-electron chi connectivity index (χ0n) is 23.3. The lowest BCUT2D eigenvalue weighted by Crippen LogP contribution is -2.46. The second-order valence-corrected chi connectivity index (χ2v) is 9.95. The molecule has 1 atom stereocenters. The van der Waals surface area contributed by atoms with Gasteiger partial charge in [0, 0.05) is 25.3 Å². The molecule has 1 unspecified atom stereocenters. The van der Waals surface area contributed by atoms with Crippen molar-refractivity contribution in [3.8, 4) is 11.5 Å². The molecule has 208 valence electrons. The Labute approximate surface area is 230 Å². The van der Waals surface area contributed by atoms with Gasteiger partial charge in [0.05, 0.1) is 26.9 Å². The number of rotatable bonds is 12. The summed E-state index contributed by atoms with van der Waals surface area (Å²) in [6.45, 7) is 5.63. The summed E-state index contributed by atoms with van der Waals surface area (Å²) in [6, 6.07) is 17.0. The van der Waals surface area contributed by atoms with Crippen molar-refractivity contribution in [2.75, 3.05) is 40.5 Å². The molecule has 0 spiro atoms. The monoisotopic (exact) mass is 534 g/mol. The van der Waals surface area contributed by atoms with Crippen molar-refractivity contribution in [1.82, 2.24) is 9.80 Å². The molecular formula is C31H38N2O6. The van der Waals surface area contributed by atoms with E-state index in [1.807, 2.05) is 68.4 Å². The van der Waals surface area contributed by atoms with Gasteiger partial charge in [0.2, 0.25) is 5.91 Å². The van der Waals surface area contributed by atoms with E-state index in [-0.39, 0.29) is 24.5 Å². The summed E-state index contributed by atoms with van der Waals surface area (Å²) in [5, 5.41) is 0. The van der Waals surface area contributed by atoms with E-state index in [0.717, 1.165) is 29.7 Å². The lowest BCUT2D eigenvalue weighted by Gasteiger charge is -2.29. The van der Waals surface area contributed by atoms with Crippen molar-refractivity contribution in [3.05, 3.63) is 82.8 Å². The molecule has 4 rings (SSSR count). The highest BCUT2D eigenvalue weighted by Crippen LogP contribution is 2.28. The zero-order chi connectivity index (χ0) is 27.8. The van der Waals surface area contributed by atoms with E-state index in [1.165, 1.54) is 0 Å². The maximum atomic E-state index is 13.8. The molecule has 1 fully saturated rings. The average molecular weight is 535 g/mol. The lowest BCUT2D eigenvalue weighted by atomic mass is 10.1. The Hall–Kier alpha value is -3.78. The number of benzene rings is 2. The summed E-state index contributed by atoms with van der Waals surface area (Å²) in [5.41, 5.74) is 2.64. The average Bonchev–Trinajstić information content (AvgIpc) is 3.61. The van der Waals surface area contributed by atoms with Crippen molar-refractivity contribution in [3.63, 3.8) is 0 Å². The van der Waals surface area contributed by atoms with Crippen LogP contribution in [0.5, 0.6) is 11.5 Å². The molecule has 2 aromatic carbocycles. The molecule has 0 bridgehead atoms. The second-order valence-electron chi connectivity index (χ2n) is 9.95. The lowest BCUT2D eigenvalue weighted by molar-refractivity contribution is -0.133. The number of nitrogens with zero attached hydrogens (tertiary/aromatic N) is 2. The van der Waals surface area contributed by atoms with Crippen LogP contribution < -0.4 is 9.47 Å². The van der Waals surface area contributed by atoms with Crippen LogP contribution in [0, 0.1) is 13.8 Å². The van der Waals surface area contributed by atoms with Gasteiger partial charge in [-0.2, -0.15) is 0 Å². The van der Waals surface area contributed by atoms with Gasteiger partial charge >= 0.3 is 0 Å². The largest absolute Gasteiger partial charge is 0.493 e. The van der Waals surface area contributed by atoms with Crippen LogP contribution in [0.2, 0.25) is 0 Å². The quantitative estimate of drug-likeness (QED) is 0.332. The fourth-order valence-electron chi connectivity index (χ4n) is 4.75. The first-order valence-electron chi connectivity index (χ1n) is 13.4. The van der Waals surface area contributed by atoms with Crippen molar-refractivity contribution in [2.24, 2.45) is 0 Å². The minimum Gasteiger partial charge on any atom is -0.493 e. The van der Waals surface area contributed by atoms with Crippen LogP contribution in [0.15, 0.2) is 59.0 Å². The second kappa shape index (κ2) is 13.3. The number of aryl methyl sites for hydroxylation is 2. The van der Waals surface area contributed by atoms with Crippen LogP contribution in [0.4, 0.5) is 0 Å². The SMILES string of the molecule is COc1ccc(CCN(Cc2ccc(C)o2)C(=O)CN(CC2CCCO2)C(=O)c2ccc(C)cc2)cc1OC. The van der Waals surface area contributed by atoms with Crippen LogP contribution in [-0.4, -0.2) is 68.2 Å². The predicted octanol–water partition coefficient (Wildman–Crippen LogP) is 4.81. The number of carbonyl (C=O) groups excluding carboxylic acids is 2. The van der Waals surface area contributed by atoms with Gasteiger partial charge in [0.25, 0.3) is 5.91 Å². The molecule has 2 heterocycles. The minimum atomic E-state index is -0.174. The molecule has 0 aliphatic carbocycles. The third-order valence-electron chi connectivity index (χ3n) is 6.97. The molecule has 1 aliphatic heterocycles. The Morgan fingerprint density at radius 1 is 0.949 bits per heavy atom. The van der Waals surface area contributed by atoms with Crippen LogP contribution in [0.25, 0.3) is 0 Å². The van der Waals surface area contributed by atoms with Gasteiger partial charge in [0.15, 0.2) is 11.5 Å². The van der Waals surface area contributed by atoms with E-state index in [4.69, 9.17) is 18.6 Å². The van der Waals surface area contributed by atoms with Gasteiger partial charge < -0.3 is 28.4 Å². The third-order valence-corrected chi connectivity index (χ3v) is 6.97. The minimum absolute atomic E-state index is 0.0435. The van der Waals surface area contributed by atoms with Crippen LogP contribution in [-0.2, 0) is 22.5 Å². The van der Waals surface area contributed by atoms with E-state index in [0.29, 0.717) is 55.5 Å². The summed E-state index contributed by atoms with van der Waals surface area (Å²) in [7, 11) is 3.20. The Morgan fingerprint density at radius 3 is 2.36 bits per heavy atom. The predicted molar refractivity (Wildman–Crippen MR) is 148 cm³/mol. The van der Waals surface area contributed by atoms with Gasteiger partial charge in [-0.05, 0) is 75.1 Å². The number of carbonyl (C=O) groups is 2. The number of hydrogen-bond acceptors (Lipinski definition) is 6. The van der Waals surface area contributed by atoms with Crippen molar-refractivity contribution in [1.29, 1.82) is 0 Å². The Bertz CT molecular complexity index is 1250. The molecule has 0 saturated carbocycles. The molecule has 39 heavy (non-hydrogen) atoms. The topological polar surface area (TPSA) is 81.5 Å². The molecule has 3 aromatic rings. The number of hydrogen-bond donors (Lipinski definition) is 0. The molecule has 0 radical (unpaired) electrons. The highest BCUT2D eigenvalue weighted by Gasteiger charge is 2.27. The zero-order valence-corrected chi connectivity index (χ0v) is 23.3. The Morgan fingerprint density at radius 2 is 1.72 bits per heavy atom. The van der Waals surface area contributed by atoms with E-state index in [2.05, 4.69) is 0 Å². The summed E-state index contributed by atoms with van der Waals surface area (Å²) >= 11 is 0. The van der Waals surface area contributed by atoms with Gasteiger partial charge in [0.1, 0.15) is 18.1 Å². The van der Waals surface area contributed by atoms with Crippen molar-refractivity contribution in [2.45, 2.75) is 45.8 Å². The van der Waals surface area contributed by atoms with Gasteiger partial charge in [-0.15, -0.1) is 0 Å². The molecular weight excluding hydrogens is 496 g/mol. The van der Waals surface area contributed by atoms with E-state index in [9.17, 15) is 9.59 Å². The number of furan rings is 1. The summed E-state index contributed by atoms with van der Waals surface area (Å²) in [4.78, 5) is 30.7. The first-order chi connectivity index (χ1) is 18.9. The van der Waals surface area contributed by atoms with Crippen LogP contribution in [0.1, 0.15) is 45.8 Å². The fraction of sp³-hybridized carbons (Fsp3) is 0.419. The van der Waals surface area contributed by atoms with Crippen molar-refractivity contribution < 1.29 is 28.2 Å². The van der Waals surface area contributed by atoms with E-state index < -0.39 is 0 Å². The normalized spacial score (nSPS) is 14.7. The smallest absolute Gasteiger partial charge is 0.254 e. The van der Waals surface area contributed by atoms with Crippen molar-refractivity contribution >= 4 is 11.8 Å². The molecule has 8 heteroatoms. The maximum Gasteiger partial charge on any atom is 0.254 e. The number of ether oxygens (including phenoxy) is 3. The molecule has 1 aromatic heterocycles. The molecule has 2 amide bonds. The first kappa shape index (κ1) is 28.2. The van der Waals surface area contributed by atoms with E-state index in [1.54, 1.807) is 24.0 Å². The molecule has 1 aliphatic rings. The van der Waals surface area contributed by atoms with Gasteiger partial charge in [-0.1, -0.05) is 23.8 Å². The Kier molecular flexibility index (Phi) is 9.65. The van der Waals surface area contributed by atoms with Crippen LogP contribution in [0.3, 0.4) is 0 Å². The number of methoxy groups -OCH3 is 2. The summed E-state index contributed by atoms with van der Waals surface area (Å²) in [6.07, 6.45) is 2.37. The van der Waals surface area contributed by atoms with E-state index >= 15 is 0 Å². The molecule has 0 N–H and O–H groups in total. The summed E-state index contributed by atoms with van der Waals surface area (Å²) in [5.74, 6) is 2.45. The summed E-state index contributed by atoms with van der Waals surface area (Å²) < 4.78 is 22.4. The number of amides is 2. The highest BCUT2D eigenvalue weighted by molar-refractivity contribution is 5.96. The van der Waals surface area contributed by atoms with Crippen LogP contribution >= 0.6 is 0 Å². The Balaban J connectivity index is 1.53. The first-order valence-corrected chi connectivity index (χ1v) is 13.4. The maximum absolute atomic E-state index is 13.8. The molecule has 1 saturated heterocycles. The third kappa shape index (κ3) is 7.63. The fourth-order valence-corrected chi connectivity index (χ4v) is 4.75. The molecule has 8 nitrogen and oxygen atoms in total. The van der Waals surface area contributed by atoms with Gasteiger partial charge in [-0.25, -0.2) is 0 Å². The van der Waals surface area contributed by atoms with Gasteiger partial charge in [-0.3, -0.25) is 9.59 Å². The highest BCUT2D eigenvalue weighted by atomic mass is 16.5.